The molecule has 0 fully saturated rings. The molecule has 0 aromatic heterocycles. The lowest BCUT2D eigenvalue weighted by Crippen LogP contribution is -2.26. The van der Waals surface area contributed by atoms with Crippen molar-refractivity contribution in [1.82, 2.24) is 0 Å². The third kappa shape index (κ3) is 1.81. The van der Waals surface area contributed by atoms with Gasteiger partial charge in [-0.1, -0.05) is 94.3 Å². The Labute approximate surface area is 174 Å². The molecular formula is C27H19Br. The van der Waals surface area contributed by atoms with E-state index in [9.17, 15) is 0 Å². The van der Waals surface area contributed by atoms with Crippen molar-refractivity contribution in [2.24, 2.45) is 0 Å². The molecule has 6 rings (SSSR count). The van der Waals surface area contributed by atoms with Gasteiger partial charge in [0, 0.05) is 10.0 Å². The van der Waals surface area contributed by atoms with Gasteiger partial charge in [-0.3, -0.25) is 0 Å². The molecule has 0 bridgehead atoms. The predicted molar refractivity (Wildman–Crippen MR) is 120 cm³/mol. The minimum atomic E-state index is -0.238. The van der Waals surface area contributed by atoms with Gasteiger partial charge in [-0.2, -0.15) is 0 Å². The number of hydrogen-bond acceptors (Lipinski definition) is 0. The van der Waals surface area contributed by atoms with E-state index in [2.05, 4.69) is 109 Å². The number of halogens is 1. The number of rotatable bonds is 0. The lowest BCUT2D eigenvalue weighted by atomic mass is 9.70. The fraction of sp³-hybridized carbons (Fsp3) is 0.111. The number of benzene rings is 4. The van der Waals surface area contributed by atoms with E-state index >= 15 is 0 Å². The lowest BCUT2D eigenvalue weighted by Gasteiger charge is -2.31. The summed E-state index contributed by atoms with van der Waals surface area (Å²) in [4.78, 5) is 0. The average Bonchev–Trinajstić information content (AvgIpc) is 3.15. The molecule has 1 heteroatoms. The highest BCUT2D eigenvalue weighted by Crippen LogP contribution is 2.63. The van der Waals surface area contributed by atoms with Crippen LogP contribution in [0.2, 0.25) is 0 Å². The predicted octanol–water partition coefficient (Wildman–Crippen LogP) is 7.41. The van der Waals surface area contributed by atoms with E-state index in [0.29, 0.717) is 0 Å². The molecule has 0 N–H and O–H groups in total. The molecule has 0 amide bonds. The highest BCUT2D eigenvalue weighted by atomic mass is 79.9. The van der Waals surface area contributed by atoms with Crippen LogP contribution >= 0.6 is 15.9 Å². The fourth-order valence-electron chi connectivity index (χ4n) is 5.46. The lowest BCUT2D eigenvalue weighted by molar-refractivity contribution is 0.791. The number of hydrogen-bond donors (Lipinski definition) is 0. The molecule has 0 radical (unpaired) electrons. The van der Waals surface area contributed by atoms with Crippen LogP contribution in [-0.4, -0.2) is 0 Å². The van der Waals surface area contributed by atoms with Crippen LogP contribution in [0.15, 0.2) is 83.3 Å². The van der Waals surface area contributed by atoms with Gasteiger partial charge in [-0.25, -0.2) is 0 Å². The van der Waals surface area contributed by atoms with Gasteiger partial charge >= 0.3 is 0 Å². The molecule has 28 heavy (non-hydrogen) atoms. The van der Waals surface area contributed by atoms with Gasteiger partial charge in [-0.15, -0.1) is 0 Å². The SMILES string of the molecule is Cc1ccc2c(c1)C1(c3ccccc3-c3ccccc31)c1cc(C)cc(Br)c1-2. The monoisotopic (exact) mass is 422 g/mol. The normalized spacial score (nSPS) is 14.5. The average molecular weight is 423 g/mol. The zero-order valence-corrected chi connectivity index (χ0v) is 17.5. The van der Waals surface area contributed by atoms with E-state index in [1.807, 2.05) is 0 Å². The molecule has 0 nitrogen and oxygen atoms in total. The summed E-state index contributed by atoms with van der Waals surface area (Å²) in [5.74, 6) is 0. The molecule has 0 aliphatic heterocycles. The summed E-state index contributed by atoms with van der Waals surface area (Å²) >= 11 is 3.90. The van der Waals surface area contributed by atoms with Crippen molar-refractivity contribution in [3.05, 3.63) is 117 Å². The van der Waals surface area contributed by atoms with Gasteiger partial charge < -0.3 is 0 Å². The summed E-state index contributed by atoms with van der Waals surface area (Å²) in [6.07, 6.45) is 0. The first kappa shape index (κ1) is 16.3. The Balaban J connectivity index is 1.89. The fourth-order valence-corrected chi connectivity index (χ4v) is 6.25. The third-order valence-electron chi connectivity index (χ3n) is 6.44. The highest BCUT2D eigenvalue weighted by Gasteiger charge is 2.52. The molecular weight excluding hydrogens is 404 g/mol. The molecule has 0 heterocycles. The Morgan fingerprint density at radius 1 is 0.571 bits per heavy atom. The van der Waals surface area contributed by atoms with Crippen LogP contribution in [0, 0.1) is 13.8 Å². The quantitative estimate of drug-likeness (QED) is 0.239. The smallest absolute Gasteiger partial charge is 0.0619 e. The van der Waals surface area contributed by atoms with Crippen molar-refractivity contribution in [3.8, 4) is 22.3 Å². The molecule has 0 unspecified atom stereocenters. The minimum absolute atomic E-state index is 0.238. The summed E-state index contributed by atoms with van der Waals surface area (Å²) in [7, 11) is 0. The van der Waals surface area contributed by atoms with Crippen LogP contribution in [0.1, 0.15) is 33.4 Å². The van der Waals surface area contributed by atoms with Crippen molar-refractivity contribution in [2.75, 3.05) is 0 Å². The van der Waals surface area contributed by atoms with E-state index in [-0.39, 0.29) is 5.41 Å². The summed E-state index contributed by atoms with van der Waals surface area (Å²) in [6.45, 7) is 4.39. The molecule has 1 spiro atoms. The molecule has 0 saturated heterocycles. The molecule has 4 aromatic rings. The van der Waals surface area contributed by atoms with Gasteiger partial charge in [0.25, 0.3) is 0 Å². The molecule has 2 aliphatic carbocycles. The second kappa shape index (κ2) is 5.46. The first-order valence-corrected chi connectivity index (χ1v) is 10.5. The highest BCUT2D eigenvalue weighted by molar-refractivity contribution is 9.10. The molecule has 4 aromatic carbocycles. The van der Waals surface area contributed by atoms with Gasteiger partial charge in [0.15, 0.2) is 0 Å². The first-order valence-electron chi connectivity index (χ1n) is 9.74. The zero-order valence-electron chi connectivity index (χ0n) is 15.9. The Morgan fingerprint density at radius 3 is 1.86 bits per heavy atom. The zero-order chi connectivity index (χ0) is 19.0. The van der Waals surface area contributed by atoms with Gasteiger partial charge in [0.05, 0.1) is 5.41 Å². The number of fused-ring (bicyclic) bond motifs is 10. The van der Waals surface area contributed by atoms with Crippen LogP contribution in [0.25, 0.3) is 22.3 Å². The largest absolute Gasteiger partial charge is 0.0726 e. The van der Waals surface area contributed by atoms with E-state index in [1.54, 1.807) is 0 Å². The van der Waals surface area contributed by atoms with Gasteiger partial charge in [0.2, 0.25) is 0 Å². The van der Waals surface area contributed by atoms with Crippen molar-refractivity contribution < 1.29 is 0 Å². The Hall–Kier alpha value is -2.64. The van der Waals surface area contributed by atoms with Crippen LogP contribution < -0.4 is 0 Å². The summed E-state index contributed by atoms with van der Waals surface area (Å²) in [6, 6.07) is 29.5. The maximum absolute atomic E-state index is 3.90. The maximum atomic E-state index is 3.90. The van der Waals surface area contributed by atoms with Crippen molar-refractivity contribution in [3.63, 3.8) is 0 Å². The Bertz CT molecular complexity index is 1250. The molecule has 2 aliphatic rings. The van der Waals surface area contributed by atoms with E-state index < -0.39 is 0 Å². The van der Waals surface area contributed by atoms with Crippen LogP contribution in [0.5, 0.6) is 0 Å². The Morgan fingerprint density at radius 2 is 1.18 bits per heavy atom. The van der Waals surface area contributed by atoms with Gasteiger partial charge in [-0.05, 0) is 64.4 Å². The van der Waals surface area contributed by atoms with Crippen LogP contribution in [0.4, 0.5) is 0 Å². The summed E-state index contributed by atoms with van der Waals surface area (Å²) in [5, 5.41) is 0. The van der Waals surface area contributed by atoms with Crippen molar-refractivity contribution in [2.45, 2.75) is 19.3 Å². The molecule has 134 valence electrons. The molecule has 0 saturated carbocycles. The standard InChI is InChI=1S/C27H19Br/c1-16-11-12-20-23(13-16)27(24-14-17(2)15-25(28)26(20)24)21-9-5-3-7-18(21)19-8-4-6-10-22(19)27/h3-15H,1-2H3. The van der Waals surface area contributed by atoms with Gasteiger partial charge in [0.1, 0.15) is 0 Å². The minimum Gasteiger partial charge on any atom is -0.0619 e. The van der Waals surface area contributed by atoms with Crippen molar-refractivity contribution in [1.29, 1.82) is 0 Å². The van der Waals surface area contributed by atoms with Crippen molar-refractivity contribution >= 4 is 15.9 Å². The number of aryl methyl sites for hydroxylation is 2. The third-order valence-corrected chi connectivity index (χ3v) is 7.06. The second-order valence-corrected chi connectivity index (χ2v) is 8.91. The Kier molecular flexibility index (Phi) is 3.18. The topological polar surface area (TPSA) is 0 Å². The maximum Gasteiger partial charge on any atom is 0.0726 e. The summed E-state index contributed by atoms with van der Waals surface area (Å²) in [5.41, 5.74) is 13.4. The van der Waals surface area contributed by atoms with E-state index in [0.717, 1.165) is 0 Å². The van der Waals surface area contributed by atoms with E-state index in [1.165, 1.54) is 60.1 Å². The summed E-state index contributed by atoms with van der Waals surface area (Å²) < 4.78 is 1.19. The first-order chi connectivity index (χ1) is 13.6. The van der Waals surface area contributed by atoms with Crippen LogP contribution in [0.3, 0.4) is 0 Å². The second-order valence-electron chi connectivity index (χ2n) is 8.06. The van der Waals surface area contributed by atoms with Crippen LogP contribution in [-0.2, 0) is 5.41 Å². The molecule has 0 atom stereocenters. The van der Waals surface area contributed by atoms with E-state index in [4.69, 9.17) is 0 Å².